The number of amides is 1. The lowest BCUT2D eigenvalue weighted by Crippen LogP contribution is -2.48. The first-order valence-corrected chi connectivity index (χ1v) is 9.14. The number of nitrogens with zero attached hydrogens (tertiary/aromatic N) is 2. The lowest BCUT2D eigenvalue weighted by Gasteiger charge is -2.33. The Hall–Kier alpha value is -2.89. The molecular formula is C21H24N2O4. The van der Waals surface area contributed by atoms with Gasteiger partial charge in [0.2, 0.25) is 0 Å². The first-order valence-electron chi connectivity index (χ1n) is 9.14. The number of aryl methyl sites for hydroxylation is 2. The summed E-state index contributed by atoms with van der Waals surface area (Å²) in [5.41, 5.74) is 3.18. The highest BCUT2D eigenvalue weighted by Crippen LogP contribution is 2.28. The Labute approximate surface area is 158 Å². The van der Waals surface area contributed by atoms with Crippen molar-refractivity contribution in [2.45, 2.75) is 45.8 Å². The molecule has 0 saturated carbocycles. The predicted octanol–water partition coefficient (Wildman–Crippen LogP) is 3.36. The fraction of sp³-hybridized carbons (Fsp3) is 0.381. The molecule has 1 N–H and O–H groups in total. The molecule has 6 nitrogen and oxygen atoms in total. The molecule has 1 aliphatic heterocycles. The van der Waals surface area contributed by atoms with Gasteiger partial charge in [-0.15, -0.1) is 0 Å². The maximum absolute atomic E-state index is 12.9. The van der Waals surface area contributed by atoms with Gasteiger partial charge in [-0.1, -0.05) is 6.07 Å². The maximum Gasteiger partial charge on any atom is 0.326 e. The van der Waals surface area contributed by atoms with Crippen molar-refractivity contribution in [1.82, 2.24) is 9.88 Å². The minimum atomic E-state index is -0.937. The molecule has 27 heavy (non-hydrogen) atoms. The molecule has 2 heterocycles. The standard InChI is InChI=1S/C21H24N2O4/c1-14-10-17(20(24)23-9-4-3-7-18(23)21(25)26)11-15(2)19(14)27-13-16-6-5-8-22-12-16/h5-6,8,10-12,18H,3-4,7,9,13H2,1-2H3,(H,25,26)/t18-/m0/s1. The summed E-state index contributed by atoms with van der Waals surface area (Å²) in [5.74, 6) is -0.427. The lowest BCUT2D eigenvalue weighted by atomic mass is 9.99. The van der Waals surface area contributed by atoms with Gasteiger partial charge in [0, 0.05) is 30.1 Å². The molecular weight excluding hydrogens is 344 g/mol. The Bertz CT molecular complexity index is 812. The van der Waals surface area contributed by atoms with Crippen LogP contribution in [0.2, 0.25) is 0 Å². The Kier molecular flexibility index (Phi) is 5.74. The normalized spacial score (nSPS) is 16.8. The number of pyridine rings is 1. The molecule has 3 rings (SSSR count). The van der Waals surface area contributed by atoms with E-state index in [1.165, 1.54) is 4.90 Å². The zero-order chi connectivity index (χ0) is 19.4. The largest absolute Gasteiger partial charge is 0.488 e. The Morgan fingerprint density at radius 3 is 2.63 bits per heavy atom. The summed E-state index contributed by atoms with van der Waals surface area (Å²) >= 11 is 0. The highest BCUT2D eigenvalue weighted by Gasteiger charge is 2.32. The predicted molar refractivity (Wildman–Crippen MR) is 101 cm³/mol. The molecule has 142 valence electrons. The average molecular weight is 368 g/mol. The molecule has 0 aliphatic carbocycles. The fourth-order valence-electron chi connectivity index (χ4n) is 3.54. The van der Waals surface area contributed by atoms with Crippen LogP contribution < -0.4 is 4.74 Å². The Morgan fingerprint density at radius 1 is 1.26 bits per heavy atom. The lowest BCUT2D eigenvalue weighted by molar-refractivity contribution is -0.143. The van der Waals surface area contributed by atoms with Crippen LogP contribution in [0.25, 0.3) is 0 Å². The van der Waals surface area contributed by atoms with Crippen LogP contribution in [0.5, 0.6) is 5.75 Å². The van der Waals surface area contributed by atoms with Crippen LogP contribution >= 0.6 is 0 Å². The molecule has 1 amide bonds. The number of aliphatic carboxylic acids is 1. The van der Waals surface area contributed by atoms with Crippen LogP contribution in [0.4, 0.5) is 0 Å². The third kappa shape index (κ3) is 4.27. The van der Waals surface area contributed by atoms with Gasteiger partial charge < -0.3 is 14.7 Å². The van der Waals surface area contributed by atoms with Crippen molar-refractivity contribution in [3.05, 3.63) is 58.9 Å². The number of carboxylic acid groups (broad SMARTS) is 1. The smallest absolute Gasteiger partial charge is 0.326 e. The molecule has 1 aliphatic rings. The number of carbonyl (C=O) groups is 2. The number of hydrogen-bond donors (Lipinski definition) is 1. The minimum Gasteiger partial charge on any atom is -0.488 e. The van der Waals surface area contributed by atoms with Crippen molar-refractivity contribution in [3.8, 4) is 5.75 Å². The average Bonchev–Trinajstić information content (AvgIpc) is 2.67. The summed E-state index contributed by atoms with van der Waals surface area (Å²) in [6.07, 6.45) is 5.64. The molecule has 0 bridgehead atoms. The number of hydrogen-bond acceptors (Lipinski definition) is 4. The van der Waals surface area contributed by atoms with Crippen LogP contribution in [0.1, 0.15) is 46.3 Å². The zero-order valence-electron chi connectivity index (χ0n) is 15.6. The van der Waals surface area contributed by atoms with E-state index in [4.69, 9.17) is 4.74 Å². The first kappa shape index (κ1) is 18.9. The van der Waals surface area contributed by atoms with E-state index >= 15 is 0 Å². The first-order chi connectivity index (χ1) is 13.0. The number of carboxylic acids is 1. The molecule has 1 aromatic carbocycles. The second-order valence-electron chi connectivity index (χ2n) is 6.94. The van der Waals surface area contributed by atoms with Gasteiger partial charge in [-0.3, -0.25) is 9.78 Å². The van der Waals surface area contributed by atoms with Gasteiger partial charge in [-0.25, -0.2) is 4.79 Å². The van der Waals surface area contributed by atoms with Crippen LogP contribution in [-0.2, 0) is 11.4 Å². The summed E-state index contributed by atoms with van der Waals surface area (Å²) in [7, 11) is 0. The van der Waals surface area contributed by atoms with Gasteiger partial charge >= 0.3 is 5.97 Å². The summed E-state index contributed by atoms with van der Waals surface area (Å²) in [4.78, 5) is 30.0. The van der Waals surface area contributed by atoms with Gasteiger partial charge in [0.15, 0.2) is 0 Å². The second kappa shape index (κ2) is 8.20. The van der Waals surface area contributed by atoms with E-state index in [9.17, 15) is 14.7 Å². The Morgan fingerprint density at radius 2 is 2.00 bits per heavy atom. The second-order valence-corrected chi connectivity index (χ2v) is 6.94. The van der Waals surface area contributed by atoms with Crippen molar-refractivity contribution in [3.63, 3.8) is 0 Å². The molecule has 1 aromatic heterocycles. The molecule has 0 radical (unpaired) electrons. The van der Waals surface area contributed by atoms with Crippen molar-refractivity contribution in [1.29, 1.82) is 0 Å². The van der Waals surface area contributed by atoms with Gasteiger partial charge in [0.25, 0.3) is 5.91 Å². The molecule has 0 spiro atoms. The Balaban J connectivity index is 1.79. The number of benzene rings is 1. The quantitative estimate of drug-likeness (QED) is 0.875. The minimum absolute atomic E-state index is 0.230. The molecule has 1 saturated heterocycles. The summed E-state index contributed by atoms with van der Waals surface area (Å²) in [6.45, 7) is 4.67. The highest BCUT2D eigenvalue weighted by molar-refractivity contribution is 5.97. The van der Waals surface area contributed by atoms with E-state index < -0.39 is 12.0 Å². The molecule has 2 aromatic rings. The fourth-order valence-corrected chi connectivity index (χ4v) is 3.54. The van der Waals surface area contributed by atoms with E-state index in [-0.39, 0.29) is 5.91 Å². The number of rotatable bonds is 5. The van der Waals surface area contributed by atoms with E-state index in [1.54, 1.807) is 24.5 Å². The number of aromatic nitrogens is 1. The van der Waals surface area contributed by atoms with Crippen LogP contribution in [0.15, 0.2) is 36.7 Å². The topological polar surface area (TPSA) is 79.7 Å². The van der Waals surface area contributed by atoms with Crippen LogP contribution in [0.3, 0.4) is 0 Å². The van der Waals surface area contributed by atoms with E-state index in [0.29, 0.717) is 25.1 Å². The SMILES string of the molecule is Cc1cc(C(=O)N2CCCC[C@H]2C(=O)O)cc(C)c1OCc1cccnc1. The van der Waals surface area contributed by atoms with E-state index in [1.807, 2.05) is 26.0 Å². The maximum atomic E-state index is 12.9. The van der Waals surface area contributed by atoms with E-state index in [0.717, 1.165) is 35.3 Å². The summed E-state index contributed by atoms with van der Waals surface area (Å²) in [5, 5.41) is 9.42. The zero-order valence-corrected chi connectivity index (χ0v) is 15.6. The van der Waals surface area contributed by atoms with Gasteiger partial charge in [-0.2, -0.15) is 0 Å². The van der Waals surface area contributed by atoms with Crippen molar-refractivity contribution >= 4 is 11.9 Å². The van der Waals surface area contributed by atoms with E-state index in [2.05, 4.69) is 4.98 Å². The number of piperidine rings is 1. The monoisotopic (exact) mass is 368 g/mol. The molecule has 6 heteroatoms. The van der Waals surface area contributed by atoms with Gasteiger partial charge in [0.05, 0.1) is 0 Å². The number of ether oxygens (including phenoxy) is 1. The van der Waals surface area contributed by atoms with Gasteiger partial charge in [0.1, 0.15) is 18.4 Å². The van der Waals surface area contributed by atoms with Gasteiger partial charge in [-0.05, 0) is 62.4 Å². The highest BCUT2D eigenvalue weighted by atomic mass is 16.5. The van der Waals surface area contributed by atoms with Crippen molar-refractivity contribution in [2.75, 3.05) is 6.54 Å². The number of likely N-dealkylation sites (tertiary alicyclic amines) is 1. The third-order valence-electron chi connectivity index (χ3n) is 4.86. The van der Waals surface area contributed by atoms with Crippen LogP contribution in [-0.4, -0.2) is 39.5 Å². The summed E-state index contributed by atoms with van der Waals surface area (Å²) in [6, 6.07) is 6.62. The molecule has 0 unspecified atom stereocenters. The molecule has 1 atom stereocenters. The molecule has 1 fully saturated rings. The number of carbonyl (C=O) groups excluding carboxylic acids is 1. The van der Waals surface area contributed by atoms with Crippen LogP contribution in [0, 0.1) is 13.8 Å². The van der Waals surface area contributed by atoms with Crippen molar-refractivity contribution in [2.24, 2.45) is 0 Å². The van der Waals surface area contributed by atoms with Crippen molar-refractivity contribution < 1.29 is 19.4 Å². The summed E-state index contributed by atoms with van der Waals surface area (Å²) < 4.78 is 5.93. The third-order valence-corrected chi connectivity index (χ3v) is 4.86.